The zero-order valence-corrected chi connectivity index (χ0v) is 15.9. The van der Waals surface area contributed by atoms with Gasteiger partial charge in [-0.25, -0.2) is 4.79 Å². The fraction of sp³-hybridized carbons (Fsp3) is 0.364. The molecule has 0 radical (unpaired) electrons. The van der Waals surface area contributed by atoms with E-state index in [0.717, 1.165) is 30.6 Å². The summed E-state index contributed by atoms with van der Waals surface area (Å²) in [6.07, 6.45) is 4.12. The summed E-state index contributed by atoms with van der Waals surface area (Å²) in [6, 6.07) is 15.1. The number of rotatable bonds is 3. The molecule has 146 valence electrons. The maximum Gasteiger partial charge on any atom is 0.329 e. The molecule has 1 aliphatic carbocycles. The van der Waals surface area contributed by atoms with Crippen molar-refractivity contribution in [3.8, 4) is 0 Å². The number of carbonyl (C=O) groups is 2. The van der Waals surface area contributed by atoms with Crippen LogP contribution in [0.25, 0.3) is 0 Å². The van der Waals surface area contributed by atoms with Gasteiger partial charge in [0.05, 0.1) is 5.69 Å². The first kappa shape index (κ1) is 18.5. The Morgan fingerprint density at radius 2 is 1.79 bits per heavy atom. The molecule has 0 saturated heterocycles. The topological polar surface area (TPSA) is 81.7 Å². The van der Waals surface area contributed by atoms with Crippen LogP contribution in [-0.2, 0) is 10.5 Å². The van der Waals surface area contributed by atoms with Crippen molar-refractivity contribution in [1.82, 2.24) is 5.32 Å². The minimum atomic E-state index is -2.13. The van der Waals surface area contributed by atoms with E-state index in [4.69, 9.17) is 0 Å². The lowest BCUT2D eigenvalue weighted by atomic mass is 9.85. The van der Waals surface area contributed by atoms with Gasteiger partial charge in [0.15, 0.2) is 0 Å². The zero-order valence-electron chi connectivity index (χ0n) is 15.9. The number of carbonyl (C=O) groups excluding carboxylic acids is 2. The van der Waals surface area contributed by atoms with Crippen LogP contribution in [0.2, 0.25) is 0 Å². The van der Waals surface area contributed by atoms with E-state index in [0.29, 0.717) is 22.9 Å². The van der Waals surface area contributed by atoms with Gasteiger partial charge >= 0.3 is 6.03 Å². The van der Waals surface area contributed by atoms with Crippen LogP contribution in [0, 0.1) is 5.92 Å². The summed E-state index contributed by atoms with van der Waals surface area (Å²) >= 11 is 0. The molecular weight excluding hydrogens is 354 g/mol. The van der Waals surface area contributed by atoms with Crippen LogP contribution >= 0.6 is 0 Å². The van der Waals surface area contributed by atoms with Crippen LogP contribution in [0.3, 0.4) is 0 Å². The van der Waals surface area contributed by atoms with Crippen LogP contribution in [0.15, 0.2) is 54.6 Å². The van der Waals surface area contributed by atoms with E-state index in [9.17, 15) is 14.7 Å². The number of para-hydroxylation sites is 2. The molecule has 3 N–H and O–H groups in total. The first-order valence-corrected chi connectivity index (χ1v) is 9.81. The molecule has 6 heteroatoms. The molecule has 3 amide bonds. The fourth-order valence-electron chi connectivity index (χ4n) is 4.24. The maximum atomic E-state index is 13.4. The predicted molar refractivity (Wildman–Crippen MR) is 108 cm³/mol. The number of urea groups is 1. The first-order valence-electron chi connectivity index (χ1n) is 9.81. The van der Waals surface area contributed by atoms with Gasteiger partial charge in [-0.1, -0.05) is 56.2 Å². The second-order valence-electron chi connectivity index (χ2n) is 7.66. The Morgan fingerprint density at radius 3 is 2.54 bits per heavy atom. The lowest BCUT2D eigenvalue weighted by molar-refractivity contribution is -0.141. The Labute approximate surface area is 164 Å². The van der Waals surface area contributed by atoms with Crippen LogP contribution in [0.1, 0.15) is 38.2 Å². The summed E-state index contributed by atoms with van der Waals surface area (Å²) in [5.41, 5.74) is -0.880. The van der Waals surface area contributed by atoms with E-state index in [2.05, 4.69) is 17.6 Å². The molecule has 0 unspecified atom stereocenters. The summed E-state index contributed by atoms with van der Waals surface area (Å²) in [5, 5.41) is 17.6. The second kappa shape index (κ2) is 7.28. The fourth-order valence-corrected chi connectivity index (χ4v) is 4.24. The van der Waals surface area contributed by atoms with Crippen molar-refractivity contribution in [2.24, 2.45) is 5.92 Å². The normalized spacial score (nSPS) is 26.9. The molecule has 4 rings (SSSR count). The minimum Gasteiger partial charge on any atom is -0.359 e. The summed E-state index contributed by atoms with van der Waals surface area (Å²) < 4.78 is 0. The lowest BCUT2D eigenvalue weighted by Gasteiger charge is -2.43. The van der Waals surface area contributed by atoms with Crippen LogP contribution < -0.4 is 15.5 Å². The Bertz CT molecular complexity index is 886. The van der Waals surface area contributed by atoms with Crippen LogP contribution in [-0.4, -0.2) is 23.1 Å². The zero-order chi connectivity index (χ0) is 19.7. The molecule has 2 aromatic carbocycles. The summed E-state index contributed by atoms with van der Waals surface area (Å²) in [6.45, 7) is 2.12. The van der Waals surface area contributed by atoms with Crippen LogP contribution in [0.4, 0.5) is 16.2 Å². The smallest absolute Gasteiger partial charge is 0.329 e. The Balaban J connectivity index is 1.78. The van der Waals surface area contributed by atoms with E-state index in [-0.39, 0.29) is 6.04 Å². The van der Waals surface area contributed by atoms with Crippen molar-refractivity contribution in [1.29, 1.82) is 0 Å². The minimum absolute atomic E-state index is 0.0138. The van der Waals surface area contributed by atoms with Crippen molar-refractivity contribution < 1.29 is 14.7 Å². The van der Waals surface area contributed by atoms with Gasteiger partial charge in [-0.05, 0) is 37.0 Å². The Kier molecular flexibility index (Phi) is 4.81. The third-order valence-electron chi connectivity index (χ3n) is 5.83. The van der Waals surface area contributed by atoms with Crippen molar-refractivity contribution in [2.45, 2.75) is 44.4 Å². The van der Waals surface area contributed by atoms with Crippen LogP contribution in [0.5, 0.6) is 0 Å². The molecule has 2 aliphatic rings. The molecule has 1 fully saturated rings. The average molecular weight is 379 g/mol. The highest BCUT2D eigenvalue weighted by Crippen LogP contribution is 2.40. The maximum absolute atomic E-state index is 13.4. The van der Waals surface area contributed by atoms with Gasteiger partial charge in [0.1, 0.15) is 0 Å². The molecular formula is C22H25N3O3. The quantitative estimate of drug-likeness (QED) is 0.762. The van der Waals surface area contributed by atoms with Crippen molar-refractivity contribution >= 4 is 23.3 Å². The van der Waals surface area contributed by atoms with Crippen molar-refractivity contribution in [3.05, 3.63) is 60.2 Å². The number of aliphatic hydroxyl groups is 1. The molecule has 1 saturated carbocycles. The number of nitrogens with one attached hydrogen (secondary N) is 2. The van der Waals surface area contributed by atoms with E-state index in [1.807, 2.05) is 6.07 Å². The second-order valence-corrected chi connectivity index (χ2v) is 7.66. The molecule has 1 aliphatic heterocycles. The van der Waals surface area contributed by atoms with Gasteiger partial charge in [0, 0.05) is 17.3 Å². The van der Waals surface area contributed by atoms with Gasteiger partial charge in [-0.2, -0.15) is 0 Å². The number of nitrogens with zero attached hydrogens (tertiary/aromatic N) is 1. The number of hydrogen-bond donors (Lipinski definition) is 3. The van der Waals surface area contributed by atoms with Gasteiger partial charge in [-0.15, -0.1) is 0 Å². The van der Waals surface area contributed by atoms with Gasteiger partial charge in [0.2, 0.25) is 0 Å². The van der Waals surface area contributed by atoms with Gasteiger partial charge in [0.25, 0.3) is 11.6 Å². The highest BCUT2D eigenvalue weighted by Gasteiger charge is 2.52. The molecule has 0 aromatic heterocycles. The van der Waals surface area contributed by atoms with E-state index < -0.39 is 17.7 Å². The molecule has 3 atom stereocenters. The lowest BCUT2D eigenvalue weighted by Crippen LogP contribution is -2.64. The number of benzene rings is 2. The first-order chi connectivity index (χ1) is 13.5. The van der Waals surface area contributed by atoms with Gasteiger partial charge < -0.3 is 15.7 Å². The Morgan fingerprint density at radius 1 is 1.11 bits per heavy atom. The molecule has 0 bridgehead atoms. The number of hydrogen-bond acceptors (Lipinski definition) is 3. The monoisotopic (exact) mass is 379 g/mol. The molecule has 0 spiro atoms. The van der Waals surface area contributed by atoms with E-state index >= 15 is 0 Å². The number of fused-ring (bicyclic) bond motifs is 1. The number of anilines is 2. The summed E-state index contributed by atoms with van der Waals surface area (Å²) in [4.78, 5) is 27.5. The highest BCUT2D eigenvalue weighted by molar-refractivity contribution is 6.11. The molecule has 28 heavy (non-hydrogen) atoms. The third-order valence-corrected chi connectivity index (χ3v) is 5.83. The number of amides is 3. The highest BCUT2D eigenvalue weighted by atomic mass is 16.3. The van der Waals surface area contributed by atoms with Crippen molar-refractivity contribution in [3.63, 3.8) is 0 Å². The SMILES string of the molecule is C[C@H]1CCCC[C@H]1NC(=O)[C@]1(O)c2ccccc2NC(=O)N1c1ccccc1. The molecule has 2 aromatic rings. The third kappa shape index (κ3) is 3.03. The average Bonchev–Trinajstić information content (AvgIpc) is 2.70. The van der Waals surface area contributed by atoms with Gasteiger partial charge in [-0.3, -0.25) is 9.69 Å². The van der Waals surface area contributed by atoms with Crippen molar-refractivity contribution in [2.75, 3.05) is 10.2 Å². The Hall–Kier alpha value is -2.86. The summed E-state index contributed by atoms with van der Waals surface area (Å²) in [5.74, 6) is -0.239. The predicted octanol–water partition coefficient (Wildman–Crippen LogP) is 3.58. The summed E-state index contributed by atoms with van der Waals surface area (Å²) in [7, 11) is 0. The van der Waals surface area contributed by atoms with E-state index in [1.165, 1.54) is 0 Å². The molecule has 1 heterocycles. The standard InChI is InChI=1S/C22H25N3O3/c1-15-9-5-7-13-18(15)23-20(26)22(28)17-12-6-8-14-19(17)24-21(27)25(22)16-10-3-2-4-11-16/h2-4,6,8,10-12,14-15,18,28H,5,7,9,13H2,1H3,(H,23,26)(H,24,27)/t15-,18+,22+/m0/s1. The largest absolute Gasteiger partial charge is 0.359 e. The molecule has 6 nitrogen and oxygen atoms in total. The van der Waals surface area contributed by atoms with E-state index in [1.54, 1.807) is 48.5 Å².